The van der Waals surface area contributed by atoms with Gasteiger partial charge in [-0.05, 0) is 54.8 Å². The number of ether oxygens (including phenoxy) is 2. The second-order valence-electron chi connectivity index (χ2n) is 9.61. The first kappa shape index (κ1) is 32.6. The zero-order valence-corrected chi connectivity index (χ0v) is 25.4. The fraction of sp³-hybridized carbons (Fsp3) is 0.214. The Kier molecular flexibility index (Phi) is 9.82. The van der Waals surface area contributed by atoms with Crippen LogP contribution < -0.4 is 15.2 Å². The summed E-state index contributed by atoms with van der Waals surface area (Å²) < 4.78 is 26.6. The smallest absolute Gasteiger partial charge is 0.428 e. The van der Waals surface area contributed by atoms with Gasteiger partial charge in [0.05, 0.1) is 12.0 Å². The van der Waals surface area contributed by atoms with Crippen LogP contribution in [0.15, 0.2) is 55.0 Å². The van der Waals surface area contributed by atoms with Crippen molar-refractivity contribution in [3.05, 3.63) is 82.8 Å². The minimum absolute atomic E-state index is 0.0873. The van der Waals surface area contributed by atoms with Crippen LogP contribution in [0.1, 0.15) is 37.4 Å². The standard InChI is InChI=1S/C28H29N6O10P/c1-16-5-8-19(26(36)29-3)12-22(16)32-25-24-17(2)21(13-34(24)31-14-30-25)27(37)33(4)28(38)43-15-42-23(35)11-18-6-9-20(10-7-18)44-45(39,40)41/h5-10,12-14H,11,15H2,1-4H3,(H,29,36)(H,30,31,32)(H2,39,40,41). The van der Waals surface area contributed by atoms with Crippen molar-refractivity contribution >= 4 is 48.7 Å². The van der Waals surface area contributed by atoms with E-state index in [1.165, 1.54) is 55.4 Å². The maximum absolute atomic E-state index is 13.2. The lowest BCUT2D eigenvalue weighted by molar-refractivity contribution is -0.151. The SMILES string of the molecule is CNC(=O)c1ccc(C)c(Nc2ncnn3cc(C(=O)N(C)C(=O)OCOC(=O)Cc4ccc(OP(=O)(O)O)cc4)c(C)c23)c1. The highest BCUT2D eigenvalue weighted by molar-refractivity contribution is 7.46. The Morgan fingerprint density at radius 2 is 1.76 bits per heavy atom. The third kappa shape index (κ3) is 8.00. The maximum atomic E-state index is 13.2. The zero-order chi connectivity index (χ0) is 32.9. The number of phosphoric acid groups is 1. The third-order valence-corrected chi connectivity index (χ3v) is 6.96. The normalized spacial score (nSPS) is 11.1. The van der Waals surface area contributed by atoms with E-state index in [0.717, 1.165) is 5.56 Å². The number of carbonyl (C=O) groups is 4. The molecule has 236 valence electrons. The van der Waals surface area contributed by atoms with E-state index in [4.69, 9.17) is 19.3 Å². The minimum atomic E-state index is -4.71. The second kappa shape index (κ2) is 13.5. The molecule has 4 aromatic rings. The van der Waals surface area contributed by atoms with Gasteiger partial charge >= 0.3 is 19.9 Å². The first-order valence-electron chi connectivity index (χ1n) is 13.1. The van der Waals surface area contributed by atoms with Crippen molar-refractivity contribution in [1.82, 2.24) is 24.8 Å². The number of aromatic nitrogens is 3. The molecule has 0 spiro atoms. The molecule has 4 rings (SSSR count). The van der Waals surface area contributed by atoms with Crippen molar-refractivity contribution in [3.8, 4) is 5.75 Å². The molecule has 0 radical (unpaired) electrons. The Morgan fingerprint density at radius 3 is 2.42 bits per heavy atom. The van der Waals surface area contributed by atoms with Crippen LogP contribution in [0.3, 0.4) is 0 Å². The zero-order valence-electron chi connectivity index (χ0n) is 24.5. The summed E-state index contributed by atoms with van der Waals surface area (Å²) in [5.41, 5.74) is 3.40. The molecule has 0 saturated heterocycles. The first-order chi connectivity index (χ1) is 21.3. The molecule has 0 atom stereocenters. The average molecular weight is 641 g/mol. The van der Waals surface area contributed by atoms with Gasteiger partial charge in [0.2, 0.25) is 6.79 Å². The van der Waals surface area contributed by atoms with Crippen molar-refractivity contribution in [2.75, 3.05) is 26.2 Å². The number of esters is 1. The van der Waals surface area contributed by atoms with E-state index < -0.39 is 32.6 Å². The van der Waals surface area contributed by atoms with Crippen LogP contribution in [0.2, 0.25) is 0 Å². The van der Waals surface area contributed by atoms with Crippen molar-refractivity contribution in [1.29, 1.82) is 0 Å². The van der Waals surface area contributed by atoms with Crippen LogP contribution in [0.25, 0.3) is 5.52 Å². The van der Waals surface area contributed by atoms with Gasteiger partial charge in [-0.2, -0.15) is 5.10 Å². The van der Waals surface area contributed by atoms with Crippen LogP contribution in [-0.2, 0) is 25.3 Å². The van der Waals surface area contributed by atoms with E-state index in [1.807, 2.05) is 6.92 Å². The Balaban J connectivity index is 1.39. The van der Waals surface area contributed by atoms with E-state index in [0.29, 0.717) is 38.6 Å². The number of nitrogens with one attached hydrogen (secondary N) is 2. The van der Waals surface area contributed by atoms with Crippen LogP contribution >= 0.6 is 7.82 Å². The monoisotopic (exact) mass is 640 g/mol. The topological polar surface area (TPSA) is 211 Å². The summed E-state index contributed by atoms with van der Waals surface area (Å²) in [6.07, 6.45) is 1.42. The van der Waals surface area contributed by atoms with Gasteiger partial charge in [0.1, 0.15) is 17.6 Å². The van der Waals surface area contributed by atoms with Gasteiger partial charge in [-0.1, -0.05) is 18.2 Å². The number of rotatable bonds is 10. The van der Waals surface area contributed by atoms with Gasteiger partial charge in [0.15, 0.2) is 5.82 Å². The number of aryl methyl sites for hydroxylation is 2. The summed E-state index contributed by atoms with van der Waals surface area (Å²) in [5.74, 6) is -1.46. The summed E-state index contributed by atoms with van der Waals surface area (Å²) in [6.45, 7) is 2.76. The molecule has 0 unspecified atom stereocenters. The molecule has 0 aliphatic carbocycles. The van der Waals surface area contributed by atoms with Crippen LogP contribution in [0.4, 0.5) is 16.3 Å². The number of carbonyl (C=O) groups excluding carboxylic acids is 4. The number of hydrogen-bond acceptors (Lipinski definition) is 11. The lowest BCUT2D eigenvalue weighted by Crippen LogP contribution is -2.34. The van der Waals surface area contributed by atoms with Gasteiger partial charge in [0, 0.05) is 31.5 Å². The molecular formula is C28H29N6O10P. The van der Waals surface area contributed by atoms with E-state index in [9.17, 15) is 23.7 Å². The Morgan fingerprint density at radius 1 is 1.04 bits per heavy atom. The molecule has 16 nitrogen and oxygen atoms in total. The molecule has 2 aromatic heterocycles. The molecular weight excluding hydrogens is 611 g/mol. The number of anilines is 2. The summed E-state index contributed by atoms with van der Waals surface area (Å²) in [4.78, 5) is 72.8. The quantitative estimate of drug-likeness (QED) is 0.112. The average Bonchev–Trinajstić information content (AvgIpc) is 3.34. The van der Waals surface area contributed by atoms with E-state index in [1.54, 1.807) is 25.1 Å². The molecule has 4 N–H and O–H groups in total. The van der Waals surface area contributed by atoms with Gasteiger partial charge in [-0.3, -0.25) is 24.2 Å². The molecule has 17 heteroatoms. The molecule has 3 amide bonds. The highest BCUT2D eigenvalue weighted by atomic mass is 31.2. The summed E-state index contributed by atoms with van der Waals surface area (Å²) in [5, 5.41) is 9.94. The van der Waals surface area contributed by atoms with E-state index in [-0.39, 0.29) is 23.6 Å². The molecule has 0 fully saturated rings. The molecule has 0 aliphatic rings. The van der Waals surface area contributed by atoms with E-state index >= 15 is 0 Å². The number of hydrogen-bond donors (Lipinski definition) is 4. The van der Waals surface area contributed by atoms with Crippen LogP contribution in [0, 0.1) is 13.8 Å². The van der Waals surface area contributed by atoms with Crippen molar-refractivity contribution in [2.24, 2.45) is 0 Å². The predicted molar refractivity (Wildman–Crippen MR) is 158 cm³/mol. The fourth-order valence-electron chi connectivity index (χ4n) is 4.17. The minimum Gasteiger partial charge on any atom is -0.428 e. The van der Waals surface area contributed by atoms with Gasteiger partial charge in [0.25, 0.3) is 11.8 Å². The van der Waals surface area contributed by atoms with Crippen molar-refractivity contribution in [3.63, 3.8) is 0 Å². The summed E-state index contributed by atoms with van der Waals surface area (Å²) >= 11 is 0. The van der Waals surface area contributed by atoms with Crippen LogP contribution in [-0.4, -0.2) is 74.0 Å². The molecule has 0 bridgehead atoms. The number of imide groups is 1. The summed E-state index contributed by atoms with van der Waals surface area (Å²) in [7, 11) is -1.98. The molecule has 2 heterocycles. The lowest BCUT2D eigenvalue weighted by Gasteiger charge is -2.15. The first-order valence-corrected chi connectivity index (χ1v) is 14.7. The Hall–Kier alpha value is -5.31. The predicted octanol–water partition coefficient (Wildman–Crippen LogP) is 2.87. The van der Waals surface area contributed by atoms with E-state index in [2.05, 4.69) is 25.2 Å². The Bertz CT molecular complexity index is 1820. The van der Waals surface area contributed by atoms with Crippen molar-refractivity contribution in [2.45, 2.75) is 20.3 Å². The highest BCUT2D eigenvalue weighted by Crippen LogP contribution is 2.37. The van der Waals surface area contributed by atoms with Crippen molar-refractivity contribution < 1.29 is 47.5 Å². The lowest BCUT2D eigenvalue weighted by atomic mass is 10.1. The van der Waals surface area contributed by atoms with Gasteiger partial charge < -0.3 is 24.6 Å². The van der Waals surface area contributed by atoms with Gasteiger partial charge in [-0.15, -0.1) is 0 Å². The summed E-state index contributed by atoms with van der Waals surface area (Å²) in [6, 6.07) is 10.5. The number of phosphoric ester groups is 1. The molecule has 0 saturated carbocycles. The molecule has 0 aliphatic heterocycles. The molecule has 2 aromatic carbocycles. The highest BCUT2D eigenvalue weighted by Gasteiger charge is 2.26. The Labute approximate surface area is 256 Å². The molecule has 45 heavy (non-hydrogen) atoms. The number of benzene rings is 2. The largest absolute Gasteiger partial charge is 0.524 e. The van der Waals surface area contributed by atoms with Gasteiger partial charge in [-0.25, -0.2) is 23.8 Å². The fourth-order valence-corrected chi connectivity index (χ4v) is 4.56. The second-order valence-corrected chi connectivity index (χ2v) is 10.8. The number of amides is 3. The number of nitrogens with zero attached hydrogens (tertiary/aromatic N) is 4. The number of fused-ring (bicyclic) bond motifs is 1. The van der Waals surface area contributed by atoms with Crippen LogP contribution in [0.5, 0.6) is 5.75 Å². The third-order valence-electron chi connectivity index (χ3n) is 6.51. The maximum Gasteiger partial charge on any atom is 0.524 e.